The van der Waals surface area contributed by atoms with Gasteiger partial charge in [-0.2, -0.15) is 0 Å². The van der Waals surface area contributed by atoms with Gasteiger partial charge in [0.2, 0.25) is 0 Å². The molecule has 0 heterocycles. The van der Waals surface area contributed by atoms with Crippen molar-refractivity contribution in [3.63, 3.8) is 0 Å². The quantitative estimate of drug-likeness (QED) is 0.864. The Balaban J connectivity index is 2.01. The first kappa shape index (κ1) is 13.4. The van der Waals surface area contributed by atoms with Gasteiger partial charge in [0.05, 0.1) is 6.10 Å². The van der Waals surface area contributed by atoms with Crippen LogP contribution in [0, 0.1) is 0 Å². The second-order valence-corrected chi connectivity index (χ2v) is 5.05. The summed E-state index contributed by atoms with van der Waals surface area (Å²) in [7, 11) is 0. The minimum Gasteiger partial charge on any atom is -0.388 e. The summed E-state index contributed by atoms with van der Waals surface area (Å²) in [5.41, 5.74) is 1.94. The molecule has 0 aliphatic carbocycles. The fraction of sp³-hybridized carbons (Fsp3) is 0.200. The Kier molecular flexibility index (Phi) is 4.65. The molecule has 2 rings (SSSR count). The molecular formula is C15H14Cl2O. The molecule has 1 atom stereocenters. The van der Waals surface area contributed by atoms with Gasteiger partial charge < -0.3 is 5.11 Å². The third-order valence-electron chi connectivity index (χ3n) is 2.87. The summed E-state index contributed by atoms with van der Waals surface area (Å²) in [5.74, 6) is 0. The highest BCUT2D eigenvalue weighted by molar-refractivity contribution is 6.35. The normalized spacial score (nSPS) is 12.4. The van der Waals surface area contributed by atoms with E-state index in [1.165, 1.54) is 5.56 Å². The second kappa shape index (κ2) is 6.24. The topological polar surface area (TPSA) is 20.2 Å². The van der Waals surface area contributed by atoms with Gasteiger partial charge in [-0.3, -0.25) is 0 Å². The minimum atomic E-state index is -0.560. The second-order valence-electron chi connectivity index (χ2n) is 4.21. The minimum absolute atomic E-state index is 0.517. The highest BCUT2D eigenvalue weighted by Gasteiger charge is 2.11. The van der Waals surface area contributed by atoms with Gasteiger partial charge in [0, 0.05) is 10.0 Å². The number of aryl methyl sites for hydroxylation is 1. The average Bonchev–Trinajstić information content (AvgIpc) is 2.37. The summed E-state index contributed by atoms with van der Waals surface area (Å²) in [4.78, 5) is 0. The van der Waals surface area contributed by atoms with Crippen LogP contribution >= 0.6 is 23.2 Å². The lowest BCUT2D eigenvalue weighted by Gasteiger charge is -2.13. The smallest absolute Gasteiger partial charge is 0.0807 e. The van der Waals surface area contributed by atoms with Gasteiger partial charge in [-0.05, 0) is 36.1 Å². The van der Waals surface area contributed by atoms with Crippen molar-refractivity contribution in [2.24, 2.45) is 0 Å². The first-order valence-electron chi connectivity index (χ1n) is 5.84. The van der Waals surface area contributed by atoms with Crippen LogP contribution < -0.4 is 0 Å². The molecule has 1 unspecified atom stereocenters. The zero-order chi connectivity index (χ0) is 13.0. The Bertz CT molecular complexity index is 511. The van der Waals surface area contributed by atoms with Crippen LogP contribution in [-0.4, -0.2) is 5.11 Å². The molecule has 2 aromatic carbocycles. The van der Waals surface area contributed by atoms with Crippen LogP contribution in [-0.2, 0) is 6.42 Å². The zero-order valence-corrected chi connectivity index (χ0v) is 11.3. The molecule has 0 saturated heterocycles. The van der Waals surface area contributed by atoms with E-state index in [-0.39, 0.29) is 0 Å². The van der Waals surface area contributed by atoms with E-state index in [9.17, 15) is 5.11 Å². The molecule has 3 heteroatoms. The Morgan fingerprint density at radius 2 is 1.72 bits per heavy atom. The molecule has 0 aromatic heterocycles. The molecule has 0 aliphatic rings. The molecule has 0 saturated carbocycles. The molecule has 94 valence electrons. The molecule has 0 aliphatic heterocycles. The Labute approximate surface area is 117 Å². The van der Waals surface area contributed by atoms with Gasteiger partial charge in [0.1, 0.15) is 0 Å². The maximum absolute atomic E-state index is 10.1. The summed E-state index contributed by atoms with van der Waals surface area (Å²) in [6.07, 6.45) is 0.904. The fourth-order valence-corrected chi connectivity index (χ4v) is 2.41. The van der Waals surface area contributed by atoms with Crippen LogP contribution in [0.2, 0.25) is 10.0 Å². The predicted molar refractivity (Wildman–Crippen MR) is 76.2 cm³/mol. The number of rotatable bonds is 4. The summed E-state index contributed by atoms with van der Waals surface area (Å²) >= 11 is 11.9. The van der Waals surface area contributed by atoms with Gasteiger partial charge in [-0.1, -0.05) is 59.6 Å². The van der Waals surface area contributed by atoms with E-state index < -0.39 is 6.10 Å². The van der Waals surface area contributed by atoms with E-state index in [2.05, 4.69) is 12.1 Å². The van der Waals surface area contributed by atoms with E-state index >= 15 is 0 Å². The highest BCUT2D eigenvalue weighted by Crippen LogP contribution is 2.28. The van der Waals surface area contributed by atoms with Crippen LogP contribution in [0.25, 0.3) is 0 Å². The van der Waals surface area contributed by atoms with Gasteiger partial charge in [-0.25, -0.2) is 0 Å². The molecule has 0 amide bonds. The van der Waals surface area contributed by atoms with Crippen molar-refractivity contribution in [1.82, 2.24) is 0 Å². The first-order valence-corrected chi connectivity index (χ1v) is 6.59. The van der Waals surface area contributed by atoms with Crippen molar-refractivity contribution >= 4 is 23.2 Å². The molecule has 0 fully saturated rings. The molecule has 1 nitrogen and oxygen atoms in total. The summed E-state index contributed by atoms with van der Waals surface area (Å²) < 4.78 is 0. The molecule has 0 spiro atoms. The maximum atomic E-state index is 10.1. The maximum Gasteiger partial charge on any atom is 0.0807 e. The summed E-state index contributed by atoms with van der Waals surface area (Å²) in [5, 5.41) is 11.2. The van der Waals surface area contributed by atoms with E-state index in [4.69, 9.17) is 23.2 Å². The molecule has 18 heavy (non-hydrogen) atoms. The number of halogens is 2. The van der Waals surface area contributed by atoms with Gasteiger partial charge >= 0.3 is 0 Å². The largest absolute Gasteiger partial charge is 0.388 e. The first-order chi connectivity index (χ1) is 8.66. The molecular weight excluding hydrogens is 267 g/mol. The Morgan fingerprint density at radius 3 is 2.39 bits per heavy atom. The molecule has 2 aromatic rings. The fourth-order valence-electron chi connectivity index (χ4n) is 1.88. The van der Waals surface area contributed by atoms with Gasteiger partial charge in [0.15, 0.2) is 0 Å². The van der Waals surface area contributed by atoms with Crippen LogP contribution in [0.4, 0.5) is 0 Å². The molecule has 0 radical (unpaired) electrons. The van der Waals surface area contributed by atoms with Crippen molar-refractivity contribution in [3.05, 3.63) is 69.7 Å². The lowest BCUT2D eigenvalue weighted by molar-refractivity contribution is 0.168. The van der Waals surface area contributed by atoms with Crippen molar-refractivity contribution in [2.45, 2.75) is 18.9 Å². The van der Waals surface area contributed by atoms with E-state index in [0.29, 0.717) is 16.5 Å². The number of aliphatic hydroxyl groups excluding tert-OH is 1. The lowest BCUT2D eigenvalue weighted by atomic mass is 10.0. The van der Waals surface area contributed by atoms with Crippen LogP contribution in [0.5, 0.6) is 0 Å². The van der Waals surface area contributed by atoms with Crippen LogP contribution in [0.3, 0.4) is 0 Å². The third kappa shape index (κ3) is 3.49. The van der Waals surface area contributed by atoms with E-state index in [0.717, 1.165) is 12.0 Å². The Hall–Kier alpha value is -1.02. The average molecular weight is 281 g/mol. The summed E-state index contributed by atoms with van der Waals surface area (Å²) in [6.45, 7) is 0. The van der Waals surface area contributed by atoms with Gasteiger partial charge in [-0.15, -0.1) is 0 Å². The van der Waals surface area contributed by atoms with Crippen LogP contribution in [0.15, 0.2) is 48.5 Å². The molecule has 1 N–H and O–H groups in total. The number of aliphatic hydroxyl groups is 1. The highest BCUT2D eigenvalue weighted by atomic mass is 35.5. The molecule has 0 bridgehead atoms. The van der Waals surface area contributed by atoms with Crippen molar-refractivity contribution in [2.75, 3.05) is 0 Å². The van der Waals surface area contributed by atoms with Crippen LogP contribution in [0.1, 0.15) is 23.7 Å². The van der Waals surface area contributed by atoms with Crippen molar-refractivity contribution < 1.29 is 5.11 Å². The lowest BCUT2D eigenvalue weighted by Crippen LogP contribution is -2.00. The predicted octanol–water partition coefficient (Wildman–Crippen LogP) is 4.66. The van der Waals surface area contributed by atoms with E-state index in [1.54, 1.807) is 18.2 Å². The zero-order valence-electron chi connectivity index (χ0n) is 9.81. The standard InChI is InChI=1S/C15H14Cl2O/c16-12-7-8-13(14(17)10-12)15(18)9-6-11-4-2-1-3-5-11/h1-5,7-8,10,15,18H,6,9H2. The SMILES string of the molecule is OC(CCc1ccccc1)c1ccc(Cl)cc1Cl. The summed E-state index contributed by atoms with van der Waals surface area (Å²) in [6, 6.07) is 15.3. The van der Waals surface area contributed by atoms with Crippen molar-refractivity contribution in [3.8, 4) is 0 Å². The van der Waals surface area contributed by atoms with E-state index in [1.807, 2.05) is 18.2 Å². The Morgan fingerprint density at radius 1 is 1.00 bits per heavy atom. The number of hydrogen-bond donors (Lipinski definition) is 1. The number of benzene rings is 2. The third-order valence-corrected chi connectivity index (χ3v) is 3.43. The van der Waals surface area contributed by atoms with Crippen molar-refractivity contribution in [1.29, 1.82) is 0 Å². The van der Waals surface area contributed by atoms with Gasteiger partial charge in [0.25, 0.3) is 0 Å². The number of hydrogen-bond acceptors (Lipinski definition) is 1. The monoisotopic (exact) mass is 280 g/mol.